The van der Waals surface area contributed by atoms with E-state index in [1.807, 2.05) is 18.2 Å². The maximum Gasteiger partial charge on any atom is 0.254 e. The third kappa shape index (κ3) is 7.11. The Hall–Kier alpha value is -3.20. The number of hydrogen-bond donors (Lipinski definition) is 2. The standard InChI is InChI=1S/C32H40N4O3S/c1-39-28-10-5-9-24(19-28)32(38)36-17-16-27(20-30(36)31(37)34-26-14-12-25(33)13-15-26)35(22-29-11-6-18-40-29)21-23-7-3-2-4-8-23/h2-11,18-19,25-27,30H,12-17,20-22,33H2,1H3,(H,34,37)/t25?,26?,27?,30-/m1/s1. The van der Waals surface area contributed by atoms with Crippen LogP contribution in [-0.2, 0) is 17.9 Å². The van der Waals surface area contributed by atoms with Crippen LogP contribution in [0, 0.1) is 0 Å². The van der Waals surface area contributed by atoms with E-state index >= 15 is 0 Å². The summed E-state index contributed by atoms with van der Waals surface area (Å²) in [6.45, 7) is 2.13. The number of nitrogens with two attached hydrogens (primary N) is 1. The van der Waals surface area contributed by atoms with E-state index in [9.17, 15) is 9.59 Å². The highest BCUT2D eigenvalue weighted by atomic mass is 32.1. The lowest BCUT2D eigenvalue weighted by molar-refractivity contribution is -0.128. The van der Waals surface area contributed by atoms with Gasteiger partial charge in [-0.25, -0.2) is 0 Å². The molecule has 212 valence electrons. The lowest BCUT2D eigenvalue weighted by atomic mass is 9.90. The monoisotopic (exact) mass is 560 g/mol. The summed E-state index contributed by atoms with van der Waals surface area (Å²) < 4.78 is 5.36. The lowest BCUT2D eigenvalue weighted by Gasteiger charge is -2.43. The first kappa shape index (κ1) is 28.3. The Labute approximate surface area is 241 Å². The maximum absolute atomic E-state index is 13.9. The Balaban J connectivity index is 1.39. The van der Waals surface area contributed by atoms with E-state index < -0.39 is 6.04 Å². The molecule has 7 nitrogen and oxygen atoms in total. The molecule has 8 heteroatoms. The van der Waals surface area contributed by atoms with Crippen molar-refractivity contribution < 1.29 is 14.3 Å². The van der Waals surface area contributed by atoms with Gasteiger partial charge in [-0.05, 0) is 73.7 Å². The number of hydrogen-bond acceptors (Lipinski definition) is 6. The minimum Gasteiger partial charge on any atom is -0.497 e. The fourth-order valence-corrected chi connectivity index (χ4v) is 6.72. The maximum atomic E-state index is 13.9. The van der Waals surface area contributed by atoms with Gasteiger partial charge < -0.3 is 20.7 Å². The van der Waals surface area contributed by atoms with Gasteiger partial charge in [0.2, 0.25) is 5.91 Å². The third-order valence-corrected chi connectivity index (χ3v) is 9.12. The normalized spacial score (nSPS) is 23.1. The Bertz CT molecular complexity index is 1240. The number of likely N-dealkylation sites (tertiary alicyclic amines) is 1. The molecule has 2 atom stereocenters. The zero-order valence-corrected chi connectivity index (χ0v) is 24.0. The van der Waals surface area contributed by atoms with Gasteiger partial charge in [-0.2, -0.15) is 0 Å². The van der Waals surface area contributed by atoms with Crippen LogP contribution in [0.2, 0.25) is 0 Å². The van der Waals surface area contributed by atoms with E-state index in [1.54, 1.807) is 35.5 Å². The van der Waals surface area contributed by atoms with Gasteiger partial charge in [-0.3, -0.25) is 14.5 Å². The highest BCUT2D eigenvalue weighted by Crippen LogP contribution is 2.29. The van der Waals surface area contributed by atoms with Crippen LogP contribution in [0.15, 0.2) is 72.1 Å². The van der Waals surface area contributed by atoms with Gasteiger partial charge in [0.1, 0.15) is 11.8 Å². The molecule has 1 saturated carbocycles. The number of methoxy groups -OCH3 is 1. The second kappa shape index (κ2) is 13.4. The van der Waals surface area contributed by atoms with Crippen LogP contribution in [0.5, 0.6) is 5.75 Å². The van der Waals surface area contributed by atoms with Gasteiger partial charge in [-0.1, -0.05) is 42.5 Å². The first-order valence-corrected chi connectivity index (χ1v) is 15.2. The zero-order valence-electron chi connectivity index (χ0n) is 23.2. The number of benzene rings is 2. The largest absolute Gasteiger partial charge is 0.497 e. The smallest absolute Gasteiger partial charge is 0.254 e. The molecule has 2 heterocycles. The van der Waals surface area contributed by atoms with Crippen LogP contribution in [0.1, 0.15) is 59.3 Å². The fraction of sp³-hybridized carbons (Fsp3) is 0.438. The number of carbonyl (C=O) groups is 2. The molecule has 2 aromatic carbocycles. The summed E-state index contributed by atoms with van der Waals surface area (Å²) in [5.74, 6) is 0.443. The molecule has 3 aromatic rings. The average Bonchev–Trinajstić information content (AvgIpc) is 3.51. The number of thiophene rings is 1. The first-order chi connectivity index (χ1) is 19.5. The summed E-state index contributed by atoms with van der Waals surface area (Å²) >= 11 is 1.75. The molecule has 2 amide bonds. The van der Waals surface area contributed by atoms with Crippen LogP contribution in [0.25, 0.3) is 0 Å². The highest BCUT2D eigenvalue weighted by molar-refractivity contribution is 7.09. The summed E-state index contributed by atoms with van der Waals surface area (Å²) in [7, 11) is 1.59. The first-order valence-electron chi connectivity index (χ1n) is 14.3. The molecule has 0 bridgehead atoms. The lowest BCUT2D eigenvalue weighted by Crippen LogP contribution is -2.58. The van der Waals surface area contributed by atoms with Crippen molar-refractivity contribution in [1.82, 2.24) is 15.1 Å². The zero-order chi connectivity index (χ0) is 27.9. The van der Waals surface area contributed by atoms with Gasteiger partial charge in [0, 0.05) is 48.2 Å². The molecular formula is C32H40N4O3S. The van der Waals surface area contributed by atoms with Gasteiger partial charge in [0.05, 0.1) is 7.11 Å². The molecular weight excluding hydrogens is 520 g/mol. The minimum atomic E-state index is -0.547. The number of nitrogens with zero attached hydrogens (tertiary/aromatic N) is 2. The number of amides is 2. The van der Waals surface area contributed by atoms with E-state index in [1.165, 1.54) is 10.4 Å². The molecule has 2 aliphatic rings. The van der Waals surface area contributed by atoms with Crippen LogP contribution in [-0.4, -0.2) is 59.4 Å². The molecule has 1 aliphatic carbocycles. The Morgan fingerprint density at radius 2 is 1.80 bits per heavy atom. The number of ether oxygens (including phenoxy) is 1. The number of rotatable bonds is 9. The highest BCUT2D eigenvalue weighted by Gasteiger charge is 2.39. The summed E-state index contributed by atoms with van der Waals surface area (Å²) in [4.78, 5) is 33.2. The van der Waals surface area contributed by atoms with Crippen molar-refractivity contribution in [2.45, 2.75) is 75.8 Å². The van der Waals surface area contributed by atoms with Gasteiger partial charge in [0.15, 0.2) is 0 Å². The molecule has 40 heavy (non-hydrogen) atoms. The number of nitrogens with one attached hydrogen (secondary N) is 1. The summed E-state index contributed by atoms with van der Waals surface area (Å²) in [6, 6.07) is 21.9. The SMILES string of the molecule is COc1cccc(C(=O)N2CCC(N(Cc3ccccc3)Cc3cccs3)C[C@@H]2C(=O)NC2CCC(N)CC2)c1. The molecule has 1 unspecified atom stereocenters. The van der Waals surface area contributed by atoms with Crippen LogP contribution >= 0.6 is 11.3 Å². The van der Waals surface area contributed by atoms with Crippen LogP contribution in [0.3, 0.4) is 0 Å². The Morgan fingerprint density at radius 1 is 1.00 bits per heavy atom. The van der Waals surface area contributed by atoms with Gasteiger partial charge in [-0.15, -0.1) is 11.3 Å². The molecule has 2 fully saturated rings. The molecule has 5 rings (SSSR count). The second-order valence-electron chi connectivity index (χ2n) is 11.0. The quantitative estimate of drug-likeness (QED) is 0.392. The Morgan fingerprint density at radius 3 is 2.52 bits per heavy atom. The van der Waals surface area contributed by atoms with Crippen molar-refractivity contribution in [3.8, 4) is 5.75 Å². The van der Waals surface area contributed by atoms with Gasteiger partial charge >= 0.3 is 0 Å². The fourth-order valence-electron chi connectivity index (χ4n) is 5.99. The van der Waals surface area contributed by atoms with Gasteiger partial charge in [0.25, 0.3) is 5.91 Å². The van der Waals surface area contributed by atoms with E-state index in [2.05, 4.69) is 52.0 Å². The predicted octanol–water partition coefficient (Wildman–Crippen LogP) is 4.82. The summed E-state index contributed by atoms with van der Waals surface area (Å²) in [6.07, 6.45) is 4.98. The van der Waals surface area contributed by atoms with E-state index in [4.69, 9.17) is 10.5 Å². The molecule has 1 aromatic heterocycles. The molecule has 1 saturated heterocycles. The minimum absolute atomic E-state index is 0.0581. The van der Waals surface area contributed by atoms with E-state index in [-0.39, 0.29) is 29.9 Å². The van der Waals surface area contributed by atoms with E-state index in [0.29, 0.717) is 24.3 Å². The molecule has 1 aliphatic heterocycles. The van der Waals surface area contributed by atoms with Crippen molar-refractivity contribution in [2.75, 3.05) is 13.7 Å². The molecule has 3 N–H and O–H groups in total. The summed E-state index contributed by atoms with van der Waals surface area (Å²) in [5, 5.41) is 5.40. The average molecular weight is 561 g/mol. The Kier molecular flexibility index (Phi) is 9.52. The van der Waals surface area contributed by atoms with Crippen molar-refractivity contribution in [3.05, 3.63) is 88.1 Å². The number of piperidine rings is 1. The summed E-state index contributed by atoms with van der Waals surface area (Å²) in [5.41, 5.74) is 7.89. The van der Waals surface area contributed by atoms with Crippen molar-refractivity contribution in [3.63, 3.8) is 0 Å². The second-order valence-corrected chi connectivity index (χ2v) is 12.0. The van der Waals surface area contributed by atoms with Crippen LogP contribution < -0.4 is 15.8 Å². The van der Waals surface area contributed by atoms with Crippen LogP contribution in [0.4, 0.5) is 0 Å². The molecule has 0 spiro atoms. The van der Waals surface area contributed by atoms with Crippen molar-refractivity contribution in [1.29, 1.82) is 0 Å². The van der Waals surface area contributed by atoms with Crippen molar-refractivity contribution >= 4 is 23.2 Å². The van der Waals surface area contributed by atoms with Crippen molar-refractivity contribution in [2.24, 2.45) is 5.73 Å². The van der Waals surface area contributed by atoms with E-state index in [0.717, 1.165) is 45.2 Å². The topological polar surface area (TPSA) is 87.9 Å². The molecule has 0 radical (unpaired) electrons. The predicted molar refractivity (Wildman–Crippen MR) is 159 cm³/mol. The number of carbonyl (C=O) groups excluding carboxylic acids is 2. The third-order valence-electron chi connectivity index (χ3n) is 8.26.